The zero-order chi connectivity index (χ0) is 11.4. The van der Waals surface area contributed by atoms with Crippen LogP contribution in [-0.2, 0) is 0 Å². The molecule has 5 heteroatoms. The molecular weight excluding hydrogens is 220 g/mol. The first kappa shape index (κ1) is 11.0. The molecule has 0 unspecified atom stereocenters. The van der Waals surface area contributed by atoms with Gasteiger partial charge in [-0.1, -0.05) is 11.8 Å². The number of hydrogen-bond donors (Lipinski definition) is 1. The Morgan fingerprint density at radius 1 is 1.19 bits per heavy atom. The average Bonchev–Trinajstić information content (AvgIpc) is 2.31. The van der Waals surface area contributed by atoms with Crippen LogP contribution in [0.1, 0.15) is 18.7 Å². The summed E-state index contributed by atoms with van der Waals surface area (Å²) in [5.41, 5.74) is 6.62. The van der Waals surface area contributed by atoms with E-state index in [0.717, 1.165) is 15.6 Å². The number of nitrogens with zero attached hydrogens (tertiary/aromatic N) is 3. The normalized spacial score (nSPS) is 12.4. The molecule has 0 bridgehead atoms. The minimum Gasteiger partial charge on any atom is -0.323 e. The standard InChI is InChI=1S/C11H12N4S/c1-8(12)10-3-2-9(6-15-10)16-11-7-13-4-5-14-11/h2-8H,12H2,1H3/t8-/m0/s1. The molecule has 16 heavy (non-hydrogen) atoms. The van der Waals surface area contributed by atoms with E-state index in [2.05, 4.69) is 15.0 Å². The van der Waals surface area contributed by atoms with Crippen LogP contribution in [0, 0.1) is 0 Å². The van der Waals surface area contributed by atoms with E-state index in [4.69, 9.17) is 5.73 Å². The first-order chi connectivity index (χ1) is 7.75. The lowest BCUT2D eigenvalue weighted by Crippen LogP contribution is -2.06. The van der Waals surface area contributed by atoms with Crippen molar-refractivity contribution in [2.75, 3.05) is 0 Å². The molecule has 0 radical (unpaired) electrons. The van der Waals surface area contributed by atoms with E-state index in [9.17, 15) is 0 Å². The number of rotatable bonds is 3. The summed E-state index contributed by atoms with van der Waals surface area (Å²) in [5, 5.41) is 0.859. The van der Waals surface area contributed by atoms with Crippen molar-refractivity contribution >= 4 is 11.8 Å². The van der Waals surface area contributed by atoms with Crippen LogP contribution in [0.4, 0.5) is 0 Å². The fourth-order valence-corrected chi connectivity index (χ4v) is 1.89. The lowest BCUT2D eigenvalue weighted by molar-refractivity contribution is 0.777. The Kier molecular flexibility index (Phi) is 3.48. The van der Waals surface area contributed by atoms with Crippen molar-refractivity contribution in [3.05, 3.63) is 42.6 Å². The van der Waals surface area contributed by atoms with Crippen molar-refractivity contribution < 1.29 is 0 Å². The quantitative estimate of drug-likeness (QED) is 0.877. The molecule has 2 aromatic heterocycles. The van der Waals surface area contributed by atoms with Gasteiger partial charge in [0.25, 0.3) is 0 Å². The number of nitrogens with two attached hydrogens (primary N) is 1. The summed E-state index contributed by atoms with van der Waals surface area (Å²) >= 11 is 1.53. The predicted molar refractivity (Wildman–Crippen MR) is 63.0 cm³/mol. The van der Waals surface area contributed by atoms with Gasteiger partial charge in [0, 0.05) is 29.5 Å². The lowest BCUT2D eigenvalue weighted by Gasteiger charge is -2.05. The predicted octanol–water partition coefficient (Wildman–Crippen LogP) is 2.04. The van der Waals surface area contributed by atoms with Crippen molar-refractivity contribution in [2.45, 2.75) is 22.9 Å². The van der Waals surface area contributed by atoms with Crippen LogP contribution < -0.4 is 5.73 Å². The second-order valence-corrected chi connectivity index (χ2v) is 4.45. The Morgan fingerprint density at radius 2 is 2.06 bits per heavy atom. The van der Waals surface area contributed by atoms with Crippen molar-refractivity contribution in [3.63, 3.8) is 0 Å². The van der Waals surface area contributed by atoms with E-state index in [1.54, 1.807) is 24.8 Å². The van der Waals surface area contributed by atoms with Crippen LogP contribution in [0.5, 0.6) is 0 Å². The molecule has 0 spiro atoms. The third kappa shape index (κ3) is 2.77. The SMILES string of the molecule is C[C@H](N)c1ccc(Sc2cnccn2)cn1. The molecule has 0 aromatic carbocycles. The van der Waals surface area contributed by atoms with Gasteiger partial charge in [-0.05, 0) is 19.1 Å². The molecule has 2 heterocycles. The van der Waals surface area contributed by atoms with Crippen LogP contribution in [0.2, 0.25) is 0 Å². The summed E-state index contributed by atoms with van der Waals surface area (Å²) in [4.78, 5) is 13.5. The maximum absolute atomic E-state index is 5.72. The Morgan fingerprint density at radius 3 is 2.62 bits per heavy atom. The van der Waals surface area contributed by atoms with Crippen molar-refractivity contribution in [1.82, 2.24) is 15.0 Å². The monoisotopic (exact) mass is 232 g/mol. The second-order valence-electron chi connectivity index (χ2n) is 3.35. The minimum atomic E-state index is -0.0319. The molecule has 0 aliphatic carbocycles. The first-order valence-electron chi connectivity index (χ1n) is 4.91. The minimum absolute atomic E-state index is 0.0319. The topological polar surface area (TPSA) is 64.7 Å². The van der Waals surface area contributed by atoms with Gasteiger partial charge in [0.05, 0.1) is 11.9 Å². The van der Waals surface area contributed by atoms with E-state index in [1.807, 2.05) is 19.1 Å². The summed E-state index contributed by atoms with van der Waals surface area (Å²) in [7, 11) is 0. The van der Waals surface area contributed by atoms with Gasteiger partial charge in [-0.2, -0.15) is 0 Å². The Balaban J connectivity index is 2.11. The summed E-state index contributed by atoms with van der Waals surface area (Å²) in [5.74, 6) is 0. The highest BCUT2D eigenvalue weighted by Gasteiger charge is 2.02. The van der Waals surface area contributed by atoms with Crippen LogP contribution in [-0.4, -0.2) is 15.0 Å². The van der Waals surface area contributed by atoms with Gasteiger partial charge in [0.1, 0.15) is 5.03 Å². The molecule has 2 N–H and O–H groups in total. The second kappa shape index (κ2) is 5.05. The van der Waals surface area contributed by atoms with E-state index in [0.29, 0.717) is 0 Å². The molecule has 0 aliphatic rings. The zero-order valence-electron chi connectivity index (χ0n) is 8.87. The van der Waals surface area contributed by atoms with Crippen LogP contribution in [0.15, 0.2) is 46.8 Å². The molecule has 0 saturated heterocycles. The van der Waals surface area contributed by atoms with Gasteiger partial charge in [-0.15, -0.1) is 0 Å². The summed E-state index contributed by atoms with van der Waals surface area (Å²) in [6.07, 6.45) is 6.86. The molecule has 0 aliphatic heterocycles. The maximum atomic E-state index is 5.72. The number of hydrogen-bond acceptors (Lipinski definition) is 5. The van der Waals surface area contributed by atoms with E-state index < -0.39 is 0 Å². The molecule has 4 nitrogen and oxygen atoms in total. The molecule has 2 aromatic rings. The van der Waals surface area contributed by atoms with Gasteiger partial charge in [0.15, 0.2) is 0 Å². The van der Waals surface area contributed by atoms with Crippen molar-refractivity contribution in [1.29, 1.82) is 0 Å². The molecular formula is C11H12N4S. The third-order valence-electron chi connectivity index (χ3n) is 1.99. The Labute approximate surface area is 98.3 Å². The number of aromatic nitrogens is 3. The van der Waals surface area contributed by atoms with Crippen molar-refractivity contribution in [2.24, 2.45) is 5.73 Å². The summed E-state index contributed by atoms with van der Waals surface area (Å²) < 4.78 is 0. The summed E-state index contributed by atoms with van der Waals surface area (Å²) in [6.45, 7) is 1.91. The van der Waals surface area contributed by atoms with Gasteiger partial charge < -0.3 is 5.73 Å². The largest absolute Gasteiger partial charge is 0.323 e. The molecule has 0 saturated carbocycles. The average molecular weight is 232 g/mol. The molecule has 0 fully saturated rings. The summed E-state index contributed by atoms with van der Waals surface area (Å²) in [6, 6.07) is 3.89. The highest BCUT2D eigenvalue weighted by Crippen LogP contribution is 2.24. The fourth-order valence-electron chi connectivity index (χ4n) is 1.18. The van der Waals surface area contributed by atoms with E-state index in [1.165, 1.54) is 11.8 Å². The number of pyridine rings is 1. The Hall–Kier alpha value is -1.46. The van der Waals surface area contributed by atoms with Gasteiger partial charge in [-0.25, -0.2) is 4.98 Å². The van der Waals surface area contributed by atoms with Gasteiger partial charge in [-0.3, -0.25) is 9.97 Å². The zero-order valence-corrected chi connectivity index (χ0v) is 9.69. The third-order valence-corrected chi connectivity index (χ3v) is 2.88. The molecule has 82 valence electrons. The van der Waals surface area contributed by atoms with Crippen LogP contribution in [0.3, 0.4) is 0 Å². The van der Waals surface area contributed by atoms with Crippen LogP contribution >= 0.6 is 11.8 Å². The van der Waals surface area contributed by atoms with Gasteiger partial charge >= 0.3 is 0 Å². The maximum Gasteiger partial charge on any atom is 0.119 e. The van der Waals surface area contributed by atoms with Gasteiger partial charge in [0.2, 0.25) is 0 Å². The highest BCUT2D eigenvalue weighted by molar-refractivity contribution is 7.99. The van der Waals surface area contributed by atoms with Crippen molar-refractivity contribution in [3.8, 4) is 0 Å². The Bertz CT molecular complexity index is 441. The molecule has 0 amide bonds. The highest BCUT2D eigenvalue weighted by atomic mass is 32.2. The lowest BCUT2D eigenvalue weighted by atomic mass is 10.2. The van der Waals surface area contributed by atoms with E-state index >= 15 is 0 Å². The molecule has 2 rings (SSSR count). The van der Waals surface area contributed by atoms with Crippen LogP contribution in [0.25, 0.3) is 0 Å². The van der Waals surface area contributed by atoms with E-state index in [-0.39, 0.29) is 6.04 Å². The smallest absolute Gasteiger partial charge is 0.119 e. The first-order valence-corrected chi connectivity index (χ1v) is 5.73. The fraction of sp³-hybridized carbons (Fsp3) is 0.182. The molecule has 1 atom stereocenters.